The molecule has 1 aliphatic heterocycles. The highest BCUT2D eigenvalue weighted by atomic mass is 19.1. The maximum Gasteiger partial charge on any atom is 0.225 e. The summed E-state index contributed by atoms with van der Waals surface area (Å²) in [5, 5.41) is 2.59. The second kappa shape index (κ2) is 8.33. The molecule has 0 radical (unpaired) electrons. The Hall–Kier alpha value is -1.57. The molecule has 0 unspecified atom stereocenters. The van der Waals surface area contributed by atoms with Gasteiger partial charge in [0.25, 0.3) is 0 Å². The Balaban J connectivity index is 1.91. The number of hydrogen-bond donors (Lipinski definition) is 1. The number of carbonyl (C=O) groups is 1. The summed E-state index contributed by atoms with van der Waals surface area (Å²) in [6.07, 6.45) is 0.714. The maximum atomic E-state index is 13.5. The molecule has 7 heteroatoms. The first-order valence-electron chi connectivity index (χ1n) is 7.61. The van der Waals surface area contributed by atoms with E-state index < -0.39 is 17.4 Å². The minimum atomic E-state index is -1.10. The van der Waals surface area contributed by atoms with Gasteiger partial charge in [0.2, 0.25) is 11.7 Å². The van der Waals surface area contributed by atoms with Crippen molar-refractivity contribution in [1.29, 1.82) is 0 Å². The van der Waals surface area contributed by atoms with E-state index >= 15 is 0 Å². The van der Waals surface area contributed by atoms with Crippen LogP contribution in [0.15, 0.2) is 18.2 Å². The number of benzene rings is 1. The fourth-order valence-electron chi connectivity index (χ4n) is 2.28. The molecule has 1 N–H and O–H groups in total. The first kappa shape index (κ1) is 17.8. The number of rotatable bonds is 7. The van der Waals surface area contributed by atoms with Gasteiger partial charge in [0.15, 0.2) is 0 Å². The number of carbonyl (C=O) groups excluding carboxylic acids is 1. The zero-order valence-corrected chi connectivity index (χ0v) is 13.1. The molecule has 1 aromatic carbocycles. The lowest BCUT2D eigenvalue weighted by atomic mass is 10.1. The van der Waals surface area contributed by atoms with Crippen molar-refractivity contribution in [2.45, 2.75) is 32.1 Å². The molecule has 1 aliphatic rings. The molecule has 1 amide bonds. The Kier molecular flexibility index (Phi) is 6.44. The summed E-state index contributed by atoms with van der Waals surface area (Å²) in [5.41, 5.74) is 0.212. The van der Waals surface area contributed by atoms with Gasteiger partial charge in [-0.25, -0.2) is 8.78 Å². The van der Waals surface area contributed by atoms with Crippen LogP contribution < -0.4 is 5.32 Å². The van der Waals surface area contributed by atoms with Crippen LogP contribution in [0.25, 0.3) is 0 Å². The van der Waals surface area contributed by atoms with E-state index in [4.69, 9.17) is 14.2 Å². The van der Waals surface area contributed by atoms with Crippen LogP contribution in [0, 0.1) is 11.6 Å². The number of hydrogen-bond acceptors (Lipinski definition) is 4. The van der Waals surface area contributed by atoms with Crippen molar-refractivity contribution < 1.29 is 27.8 Å². The maximum absolute atomic E-state index is 13.5. The number of amides is 1. The first-order chi connectivity index (χ1) is 11.0. The van der Waals surface area contributed by atoms with Crippen LogP contribution in [-0.4, -0.2) is 38.1 Å². The second-order valence-electron chi connectivity index (χ2n) is 5.29. The molecular formula is C16H21F2NO4. The Morgan fingerprint density at radius 3 is 2.74 bits per heavy atom. The van der Waals surface area contributed by atoms with E-state index in [1.807, 2.05) is 6.92 Å². The van der Waals surface area contributed by atoms with Gasteiger partial charge >= 0.3 is 0 Å². The van der Waals surface area contributed by atoms with Crippen molar-refractivity contribution in [3.8, 4) is 0 Å². The van der Waals surface area contributed by atoms with Crippen LogP contribution in [0.4, 0.5) is 8.78 Å². The molecule has 0 aliphatic carbocycles. The largest absolute Gasteiger partial charge is 0.376 e. The smallest absolute Gasteiger partial charge is 0.225 e. The molecule has 0 bridgehead atoms. The zero-order valence-electron chi connectivity index (χ0n) is 13.1. The van der Waals surface area contributed by atoms with Crippen LogP contribution in [0.2, 0.25) is 0 Å². The molecule has 0 spiro atoms. The van der Waals surface area contributed by atoms with E-state index in [1.165, 1.54) is 6.07 Å². The predicted octanol–water partition coefficient (Wildman–Crippen LogP) is 2.14. The van der Waals surface area contributed by atoms with E-state index in [2.05, 4.69) is 5.32 Å². The number of nitrogens with one attached hydrogen (secondary N) is 1. The van der Waals surface area contributed by atoms with Gasteiger partial charge in [0, 0.05) is 24.8 Å². The normalized spacial score (nSPS) is 17.0. The lowest BCUT2D eigenvalue weighted by molar-refractivity contribution is -0.286. The van der Waals surface area contributed by atoms with E-state index in [0.717, 1.165) is 18.6 Å². The average molecular weight is 329 g/mol. The van der Waals surface area contributed by atoms with Gasteiger partial charge in [-0.2, -0.15) is 0 Å². The van der Waals surface area contributed by atoms with E-state index in [-0.39, 0.29) is 31.0 Å². The highest BCUT2D eigenvalue weighted by Gasteiger charge is 2.37. The second-order valence-corrected chi connectivity index (χ2v) is 5.29. The number of ether oxygens (including phenoxy) is 3. The molecule has 1 heterocycles. The average Bonchev–Trinajstić information content (AvgIpc) is 2.53. The first-order valence-corrected chi connectivity index (χ1v) is 7.61. The predicted molar refractivity (Wildman–Crippen MR) is 78.6 cm³/mol. The molecule has 1 fully saturated rings. The van der Waals surface area contributed by atoms with Crippen molar-refractivity contribution in [3.05, 3.63) is 35.4 Å². The van der Waals surface area contributed by atoms with Gasteiger partial charge in [-0.15, -0.1) is 0 Å². The summed E-state index contributed by atoms with van der Waals surface area (Å²) in [6.45, 7) is 3.43. The third kappa shape index (κ3) is 5.23. The minimum Gasteiger partial charge on any atom is -0.376 e. The molecule has 1 aromatic rings. The van der Waals surface area contributed by atoms with Crippen molar-refractivity contribution in [2.75, 3.05) is 26.4 Å². The summed E-state index contributed by atoms with van der Waals surface area (Å²) in [5.74, 6) is -2.80. The molecule has 23 heavy (non-hydrogen) atoms. The Bertz CT molecular complexity index is 533. The highest BCUT2D eigenvalue weighted by molar-refractivity contribution is 5.76. The minimum absolute atomic E-state index is 0.0321. The molecule has 5 nitrogen and oxygen atoms in total. The van der Waals surface area contributed by atoms with Gasteiger partial charge in [0.1, 0.15) is 18.2 Å². The van der Waals surface area contributed by atoms with Gasteiger partial charge < -0.3 is 19.5 Å². The number of halogens is 2. The van der Waals surface area contributed by atoms with E-state index in [0.29, 0.717) is 19.8 Å². The van der Waals surface area contributed by atoms with Crippen LogP contribution in [-0.2, 0) is 25.5 Å². The van der Waals surface area contributed by atoms with Gasteiger partial charge in [-0.05, 0) is 19.4 Å². The Morgan fingerprint density at radius 1 is 1.35 bits per heavy atom. The third-order valence-electron chi connectivity index (χ3n) is 3.47. The quantitative estimate of drug-likeness (QED) is 0.833. The van der Waals surface area contributed by atoms with E-state index in [9.17, 15) is 13.6 Å². The van der Waals surface area contributed by atoms with Crippen LogP contribution in [0.1, 0.15) is 25.3 Å². The molecule has 0 aromatic heterocycles. The molecule has 2 rings (SSSR count). The topological polar surface area (TPSA) is 56.8 Å². The fraction of sp³-hybridized carbons (Fsp3) is 0.562. The Labute approximate surface area is 133 Å². The third-order valence-corrected chi connectivity index (χ3v) is 3.47. The summed E-state index contributed by atoms with van der Waals surface area (Å²) in [7, 11) is 0. The van der Waals surface area contributed by atoms with Crippen LogP contribution >= 0.6 is 0 Å². The molecular weight excluding hydrogens is 308 g/mol. The lowest BCUT2D eigenvalue weighted by Gasteiger charge is -2.36. The molecule has 0 atom stereocenters. The Morgan fingerprint density at radius 2 is 2.09 bits per heavy atom. The summed E-state index contributed by atoms with van der Waals surface area (Å²) in [6, 6.07) is 3.23. The molecule has 1 saturated heterocycles. The highest BCUT2D eigenvalue weighted by Crippen LogP contribution is 2.23. The van der Waals surface area contributed by atoms with Gasteiger partial charge in [-0.3, -0.25) is 4.79 Å². The van der Waals surface area contributed by atoms with Gasteiger partial charge in [-0.1, -0.05) is 6.07 Å². The van der Waals surface area contributed by atoms with Crippen molar-refractivity contribution in [3.63, 3.8) is 0 Å². The monoisotopic (exact) mass is 329 g/mol. The summed E-state index contributed by atoms with van der Waals surface area (Å²) in [4.78, 5) is 12.1. The zero-order chi connectivity index (χ0) is 16.7. The lowest BCUT2D eigenvalue weighted by Crippen LogP contribution is -2.48. The molecule has 0 saturated carbocycles. The van der Waals surface area contributed by atoms with Crippen molar-refractivity contribution >= 4 is 5.91 Å². The van der Waals surface area contributed by atoms with E-state index in [1.54, 1.807) is 0 Å². The summed E-state index contributed by atoms with van der Waals surface area (Å²) < 4.78 is 42.9. The van der Waals surface area contributed by atoms with Gasteiger partial charge in [0.05, 0.1) is 19.6 Å². The molecule has 128 valence electrons. The van der Waals surface area contributed by atoms with Crippen LogP contribution in [0.3, 0.4) is 0 Å². The SMILES string of the molecule is CCOCC1(CC(=O)NCc2ccc(F)cc2F)OCCCO1. The van der Waals surface area contributed by atoms with Crippen LogP contribution in [0.5, 0.6) is 0 Å². The summed E-state index contributed by atoms with van der Waals surface area (Å²) >= 11 is 0. The van der Waals surface area contributed by atoms with Crippen molar-refractivity contribution in [2.24, 2.45) is 0 Å². The fourth-order valence-corrected chi connectivity index (χ4v) is 2.28. The van der Waals surface area contributed by atoms with Crippen molar-refractivity contribution in [1.82, 2.24) is 5.32 Å². The standard InChI is InChI=1S/C16H21F2NO4/c1-2-21-11-16(22-6-3-7-23-16)9-15(20)19-10-12-4-5-13(17)8-14(12)18/h4-5,8H,2-3,6-7,9-11H2,1H3,(H,19,20).